The molecule has 1 amide bonds. The van der Waals surface area contributed by atoms with E-state index in [9.17, 15) is 9.90 Å². The molecule has 0 fully saturated rings. The van der Waals surface area contributed by atoms with E-state index < -0.39 is 11.7 Å². The van der Waals surface area contributed by atoms with Crippen LogP contribution in [0.25, 0.3) is 0 Å². The normalized spacial score (nSPS) is 21.2. The second-order valence-electron chi connectivity index (χ2n) is 6.89. The summed E-state index contributed by atoms with van der Waals surface area (Å²) in [7, 11) is 1.42. The van der Waals surface area contributed by atoms with E-state index >= 15 is 0 Å². The fraction of sp³-hybridized carbons (Fsp3) is 0.174. The number of hydrogen-bond donors (Lipinski definition) is 1. The summed E-state index contributed by atoms with van der Waals surface area (Å²) in [5.41, 5.74) is 0.779. The van der Waals surface area contributed by atoms with Gasteiger partial charge in [-0.2, -0.15) is 0 Å². The van der Waals surface area contributed by atoms with Crippen LogP contribution in [0.2, 0.25) is 10.0 Å². The minimum absolute atomic E-state index is 0.166. The van der Waals surface area contributed by atoms with Crippen LogP contribution in [0.3, 0.4) is 0 Å². The molecule has 1 aliphatic heterocycles. The minimum atomic E-state index is -1.62. The lowest BCUT2D eigenvalue weighted by atomic mass is 9.77. The molecule has 0 saturated heterocycles. The molecule has 1 N–H and O–H groups in total. The number of hydrogen-bond acceptors (Lipinski definition) is 3. The molecule has 0 saturated carbocycles. The van der Waals surface area contributed by atoms with E-state index in [0.717, 1.165) is 0 Å². The third-order valence-corrected chi connectivity index (χ3v) is 6.01. The SMILES string of the molecule is COC1C(=O)N(Cc2c(Cl)cccc2Cl)c2ccccc2C1(O)c1ccccc1. The van der Waals surface area contributed by atoms with Crippen molar-refractivity contribution >= 4 is 34.8 Å². The summed E-state index contributed by atoms with van der Waals surface area (Å²) >= 11 is 12.7. The Morgan fingerprint density at radius 3 is 2.24 bits per heavy atom. The van der Waals surface area contributed by atoms with E-state index in [1.807, 2.05) is 36.4 Å². The van der Waals surface area contributed by atoms with Gasteiger partial charge in [-0.1, -0.05) is 77.8 Å². The Morgan fingerprint density at radius 1 is 0.966 bits per heavy atom. The molecule has 2 atom stereocenters. The molecule has 29 heavy (non-hydrogen) atoms. The molecule has 0 radical (unpaired) electrons. The van der Waals surface area contributed by atoms with Crippen LogP contribution in [0.4, 0.5) is 5.69 Å². The van der Waals surface area contributed by atoms with E-state index in [4.69, 9.17) is 27.9 Å². The van der Waals surface area contributed by atoms with Gasteiger partial charge in [0.25, 0.3) is 5.91 Å². The molecule has 0 aromatic heterocycles. The summed E-state index contributed by atoms with van der Waals surface area (Å²) in [4.78, 5) is 15.1. The summed E-state index contributed by atoms with van der Waals surface area (Å²) in [6.07, 6.45) is -1.12. The van der Waals surface area contributed by atoms with Gasteiger partial charge < -0.3 is 14.7 Å². The average molecular weight is 428 g/mol. The highest BCUT2D eigenvalue weighted by molar-refractivity contribution is 6.36. The number of fused-ring (bicyclic) bond motifs is 1. The Hall–Kier alpha value is -2.37. The predicted octanol–water partition coefficient (Wildman–Crippen LogP) is 4.79. The second kappa shape index (κ2) is 7.81. The van der Waals surface area contributed by atoms with Crippen molar-refractivity contribution < 1.29 is 14.6 Å². The standard InChI is InChI=1S/C23H19Cl2NO3/c1-29-21-22(27)26(14-16-18(24)11-7-12-19(16)25)20-13-6-5-10-17(20)23(21,28)15-8-3-2-4-9-15/h2-13,21,28H,14H2,1H3. The summed E-state index contributed by atoms with van der Waals surface area (Å²) in [6.45, 7) is 0.166. The maximum atomic E-state index is 13.5. The van der Waals surface area contributed by atoms with Crippen LogP contribution in [0, 0.1) is 0 Å². The quantitative estimate of drug-likeness (QED) is 0.650. The monoisotopic (exact) mass is 427 g/mol. The number of amides is 1. The third-order valence-electron chi connectivity index (χ3n) is 5.30. The van der Waals surface area contributed by atoms with Crippen molar-refractivity contribution in [1.82, 2.24) is 0 Å². The van der Waals surface area contributed by atoms with Crippen LogP contribution in [-0.2, 0) is 21.7 Å². The fourth-order valence-corrected chi connectivity index (χ4v) is 4.40. The number of anilines is 1. The fourth-order valence-electron chi connectivity index (χ4n) is 3.89. The number of carbonyl (C=O) groups is 1. The van der Waals surface area contributed by atoms with E-state index in [-0.39, 0.29) is 12.5 Å². The van der Waals surface area contributed by atoms with Gasteiger partial charge in [0.2, 0.25) is 0 Å². The highest BCUT2D eigenvalue weighted by Crippen LogP contribution is 2.45. The van der Waals surface area contributed by atoms with Crippen LogP contribution in [0.5, 0.6) is 0 Å². The lowest BCUT2D eigenvalue weighted by Crippen LogP contribution is -2.57. The van der Waals surface area contributed by atoms with Crippen LogP contribution in [0.15, 0.2) is 72.8 Å². The molecule has 148 valence electrons. The summed E-state index contributed by atoms with van der Waals surface area (Å²) in [5, 5.41) is 12.7. The van der Waals surface area contributed by atoms with Crippen molar-refractivity contribution in [3.63, 3.8) is 0 Å². The van der Waals surface area contributed by atoms with Gasteiger partial charge in [-0.3, -0.25) is 4.79 Å². The molecule has 4 nitrogen and oxygen atoms in total. The molecule has 3 aromatic rings. The first-order valence-electron chi connectivity index (χ1n) is 9.13. The maximum absolute atomic E-state index is 13.5. The number of methoxy groups -OCH3 is 1. The zero-order chi connectivity index (χ0) is 20.6. The Balaban J connectivity index is 1.89. The van der Waals surface area contributed by atoms with Gasteiger partial charge in [0.1, 0.15) is 0 Å². The smallest absolute Gasteiger partial charge is 0.260 e. The summed E-state index contributed by atoms with van der Waals surface area (Å²) in [5.74, 6) is -0.367. The van der Waals surface area contributed by atoms with Crippen molar-refractivity contribution in [3.05, 3.63) is 99.5 Å². The van der Waals surface area contributed by atoms with Crippen molar-refractivity contribution in [1.29, 1.82) is 0 Å². The molecule has 2 unspecified atom stereocenters. The highest BCUT2D eigenvalue weighted by Gasteiger charge is 2.52. The van der Waals surface area contributed by atoms with Gasteiger partial charge in [0.15, 0.2) is 11.7 Å². The van der Waals surface area contributed by atoms with Gasteiger partial charge in [-0.15, -0.1) is 0 Å². The van der Waals surface area contributed by atoms with Gasteiger partial charge in [0.05, 0.1) is 12.2 Å². The van der Waals surface area contributed by atoms with E-state index in [0.29, 0.717) is 32.4 Å². The maximum Gasteiger partial charge on any atom is 0.260 e. The number of carbonyl (C=O) groups excluding carboxylic acids is 1. The van der Waals surface area contributed by atoms with Crippen LogP contribution < -0.4 is 4.90 Å². The third kappa shape index (κ3) is 3.22. The van der Waals surface area contributed by atoms with Crippen molar-refractivity contribution in [2.75, 3.05) is 12.0 Å². The molecule has 3 aromatic carbocycles. The van der Waals surface area contributed by atoms with E-state index in [1.165, 1.54) is 7.11 Å². The number of ether oxygens (including phenoxy) is 1. The number of halogens is 2. The number of benzene rings is 3. The van der Waals surface area contributed by atoms with Crippen molar-refractivity contribution in [3.8, 4) is 0 Å². The molecule has 1 heterocycles. The number of aliphatic hydroxyl groups is 1. The molecule has 0 bridgehead atoms. The molecule has 0 aliphatic carbocycles. The minimum Gasteiger partial charge on any atom is -0.377 e. The highest BCUT2D eigenvalue weighted by atomic mass is 35.5. The van der Waals surface area contributed by atoms with Crippen LogP contribution >= 0.6 is 23.2 Å². The molecule has 0 spiro atoms. The predicted molar refractivity (Wildman–Crippen MR) is 114 cm³/mol. The Labute approximate surface area is 179 Å². The van der Waals surface area contributed by atoms with Crippen LogP contribution in [0.1, 0.15) is 16.7 Å². The lowest BCUT2D eigenvalue weighted by Gasteiger charge is -2.44. The molecular weight excluding hydrogens is 409 g/mol. The van der Waals surface area contributed by atoms with Gasteiger partial charge in [-0.05, 0) is 23.8 Å². The summed E-state index contributed by atoms with van der Waals surface area (Å²) in [6, 6.07) is 21.6. The Bertz CT molecular complexity index is 1040. The zero-order valence-corrected chi connectivity index (χ0v) is 17.2. The Kier molecular flexibility index (Phi) is 5.36. The van der Waals surface area contributed by atoms with Gasteiger partial charge in [0, 0.05) is 28.3 Å². The van der Waals surface area contributed by atoms with Crippen molar-refractivity contribution in [2.45, 2.75) is 18.2 Å². The molecule has 6 heteroatoms. The number of nitrogens with zero attached hydrogens (tertiary/aromatic N) is 1. The molecular formula is C23H19Cl2NO3. The average Bonchev–Trinajstić information content (AvgIpc) is 2.74. The first-order chi connectivity index (χ1) is 14.0. The second-order valence-corrected chi connectivity index (χ2v) is 7.70. The number of para-hydroxylation sites is 1. The lowest BCUT2D eigenvalue weighted by molar-refractivity contribution is -0.145. The first kappa shape index (κ1) is 19.9. The van der Waals surface area contributed by atoms with Gasteiger partial charge >= 0.3 is 0 Å². The van der Waals surface area contributed by atoms with E-state index in [2.05, 4.69) is 0 Å². The summed E-state index contributed by atoms with van der Waals surface area (Å²) < 4.78 is 5.55. The largest absolute Gasteiger partial charge is 0.377 e. The van der Waals surface area contributed by atoms with Crippen LogP contribution in [-0.4, -0.2) is 24.2 Å². The number of rotatable bonds is 4. The van der Waals surface area contributed by atoms with Gasteiger partial charge in [-0.25, -0.2) is 0 Å². The first-order valence-corrected chi connectivity index (χ1v) is 9.88. The topological polar surface area (TPSA) is 49.8 Å². The Morgan fingerprint density at radius 2 is 1.59 bits per heavy atom. The molecule has 1 aliphatic rings. The molecule has 4 rings (SSSR count). The van der Waals surface area contributed by atoms with E-state index in [1.54, 1.807) is 41.3 Å². The van der Waals surface area contributed by atoms with Crippen molar-refractivity contribution in [2.24, 2.45) is 0 Å². The zero-order valence-electron chi connectivity index (χ0n) is 15.7.